The molecule has 1 heterocycles. The standard InChI is InChI=1S/C9H16F3N3O/c10-9(11,12)6-14-8(16)15-3-1-7(5-13)2-4-15/h7H,1-6,13H2,(H,14,16). The highest BCUT2D eigenvalue weighted by Gasteiger charge is 2.29. The maximum absolute atomic E-state index is 11.9. The minimum atomic E-state index is -4.36. The maximum Gasteiger partial charge on any atom is 0.405 e. The third kappa shape index (κ3) is 4.26. The molecule has 0 spiro atoms. The van der Waals surface area contributed by atoms with Crippen LogP contribution in [-0.2, 0) is 0 Å². The summed E-state index contributed by atoms with van der Waals surface area (Å²) in [5, 5.41) is 1.86. The number of halogens is 3. The molecule has 0 aromatic carbocycles. The van der Waals surface area contributed by atoms with E-state index in [1.54, 1.807) is 0 Å². The number of likely N-dealkylation sites (tertiary alicyclic amines) is 1. The first-order valence-electron chi connectivity index (χ1n) is 5.22. The molecule has 0 unspecified atom stereocenters. The quantitative estimate of drug-likeness (QED) is 0.753. The molecule has 1 saturated heterocycles. The molecule has 16 heavy (non-hydrogen) atoms. The second-order valence-electron chi connectivity index (χ2n) is 3.94. The molecule has 94 valence electrons. The Bertz CT molecular complexity index is 237. The van der Waals surface area contributed by atoms with Gasteiger partial charge in [-0.3, -0.25) is 0 Å². The molecule has 2 amide bonds. The number of alkyl halides is 3. The molecule has 0 aromatic heterocycles. The van der Waals surface area contributed by atoms with Crippen molar-refractivity contribution in [2.24, 2.45) is 11.7 Å². The van der Waals surface area contributed by atoms with Gasteiger partial charge in [0.25, 0.3) is 0 Å². The van der Waals surface area contributed by atoms with Gasteiger partial charge in [-0.15, -0.1) is 0 Å². The molecule has 1 rings (SSSR count). The van der Waals surface area contributed by atoms with Crippen molar-refractivity contribution in [1.29, 1.82) is 0 Å². The Labute approximate surface area is 92.0 Å². The lowest BCUT2D eigenvalue weighted by molar-refractivity contribution is -0.123. The van der Waals surface area contributed by atoms with Gasteiger partial charge in [0, 0.05) is 13.1 Å². The van der Waals surface area contributed by atoms with Gasteiger partial charge < -0.3 is 16.0 Å². The fourth-order valence-electron chi connectivity index (χ4n) is 1.66. The lowest BCUT2D eigenvalue weighted by Crippen LogP contribution is -2.47. The number of amides is 2. The van der Waals surface area contributed by atoms with Crippen molar-refractivity contribution in [2.75, 3.05) is 26.2 Å². The topological polar surface area (TPSA) is 58.4 Å². The third-order valence-electron chi connectivity index (χ3n) is 2.68. The summed E-state index contributed by atoms with van der Waals surface area (Å²) < 4.78 is 35.6. The van der Waals surface area contributed by atoms with Crippen LogP contribution < -0.4 is 11.1 Å². The summed E-state index contributed by atoms with van der Waals surface area (Å²) in [5.41, 5.74) is 5.47. The van der Waals surface area contributed by atoms with Crippen LogP contribution in [0, 0.1) is 5.92 Å². The van der Waals surface area contributed by atoms with Crippen molar-refractivity contribution in [3.8, 4) is 0 Å². The Morgan fingerprint density at radius 1 is 1.38 bits per heavy atom. The zero-order chi connectivity index (χ0) is 12.2. The van der Waals surface area contributed by atoms with E-state index >= 15 is 0 Å². The number of nitrogens with one attached hydrogen (secondary N) is 1. The van der Waals surface area contributed by atoms with E-state index in [1.165, 1.54) is 4.90 Å². The summed E-state index contributed by atoms with van der Waals surface area (Å²) in [5.74, 6) is 0.381. The highest BCUT2D eigenvalue weighted by Crippen LogP contribution is 2.16. The molecule has 4 nitrogen and oxygen atoms in total. The van der Waals surface area contributed by atoms with Crippen molar-refractivity contribution in [1.82, 2.24) is 10.2 Å². The third-order valence-corrected chi connectivity index (χ3v) is 2.68. The van der Waals surface area contributed by atoms with E-state index in [1.807, 2.05) is 5.32 Å². The molecule has 7 heteroatoms. The van der Waals surface area contributed by atoms with Crippen LogP contribution in [0.1, 0.15) is 12.8 Å². The smallest absolute Gasteiger partial charge is 0.330 e. The fourth-order valence-corrected chi connectivity index (χ4v) is 1.66. The fraction of sp³-hybridized carbons (Fsp3) is 0.889. The average Bonchev–Trinajstić information content (AvgIpc) is 2.25. The Kier molecular flexibility index (Phi) is 4.40. The highest BCUT2D eigenvalue weighted by molar-refractivity contribution is 5.74. The maximum atomic E-state index is 11.9. The summed E-state index contributed by atoms with van der Waals surface area (Å²) in [7, 11) is 0. The molecule has 0 aliphatic carbocycles. The van der Waals surface area contributed by atoms with Gasteiger partial charge in [0.15, 0.2) is 0 Å². The number of rotatable bonds is 2. The van der Waals surface area contributed by atoms with Crippen molar-refractivity contribution >= 4 is 6.03 Å². The van der Waals surface area contributed by atoms with Crippen LogP contribution in [0.2, 0.25) is 0 Å². The molecule has 0 saturated carbocycles. The van der Waals surface area contributed by atoms with Gasteiger partial charge in [0.2, 0.25) is 0 Å². The minimum Gasteiger partial charge on any atom is -0.330 e. The summed E-state index contributed by atoms with van der Waals surface area (Å²) in [4.78, 5) is 12.7. The summed E-state index contributed by atoms with van der Waals surface area (Å²) in [6.07, 6.45) is -2.84. The molecule has 1 aliphatic heterocycles. The summed E-state index contributed by atoms with van der Waals surface area (Å²) in [6.45, 7) is 0.248. The average molecular weight is 239 g/mol. The largest absolute Gasteiger partial charge is 0.405 e. The van der Waals surface area contributed by atoms with E-state index in [2.05, 4.69) is 0 Å². The van der Waals surface area contributed by atoms with Gasteiger partial charge >= 0.3 is 12.2 Å². The van der Waals surface area contributed by atoms with Crippen molar-refractivity contribution in [2.45, 2.75) is 19.0 Å². The Morgan fingerprint density at radius 3 is 2.38 bits per heavy atom. The zero-order valence-corrected chi connectivity index (χ0v) is 8.89. The number of nitrogens with zero attached hydrogens (tertiary/aromatic N) is 1. The van der Waals surface area contributed by atoms with Crippen molar-refractivity contribution in [3.63, 3.8) is 0 Å². The van der Waals surface area contributed by atoms with Gasteiger partial charge in [-0.2, -0.15) is 13.2 Å². The monoisotopic (exact) mass is 239 g/mol. The number of piperidine rings is 1. The zero-order valence-electron chi connectivity index (χ0n) is 8.89. The normalized spacial score (nSPS) is 18.6. The molecular formula is C9H16F3N3O. The van der Waals surface area contributed by atoms with E-state index in [0.717, 1.165) is 12.8 Å². The number of hydrogen-bond acceptors (Lipinski definition) is 2. The van der Waals surface area contributed by atoms with Gasteiger partial charge in [-0.25, -0.2) is 4.79 Å². The van der Waals surface area contributed by atoms with Crippen LogP contribution in [0.25, 0.3) is 0 Å². The lowest BCUT2D eigenvalue weighted by atomic mass is 9.97. The first kappa shape index (κ1) is 13.1. The van der Waals surface area contributed by atoms with E-state index < -0.39 is 18.8 Å². The number of carbonyl (C=O) groups is 1. The van der Waals surface area contributed by atoms with Gasteiger partial charge in [-0.1, -0.05) is 0 Å². The van der Waals surface area contributed by atoms with E-state index in [-0.39, 0.29) is 0 Å². The van der Waals surface area contributed by atoms with Crippen LogP contribution in [0.15, 0.2) is 0 Å². The van der Waals surface area contributed by atoms with Gasteiger partial charge in [0.05, 0.1) is 0 Å². The van der Waals surface area contributed by atoms with Crippen LogP contribution in [-0.4, -0.2) is 43.3 Å². The van der Waals surface area contributed by atoms with E-state index in [0.29, 0.717) is 25.6 Å². The second kappa shape index (κ2) is 5.38. The molecule has 0 bridgehead atoms. The number of urea groups is 1. The Hall–Kier alpha value is -0.980. The van der Waals surface area contributed by atoms with Gasteiger partial charge in [0.1, 0.15) is 6.54 Å². The molecule has 1 aliphatic rings. The van der Waals surface area contributed by atoms with Crippen molar-refractivity contribution < 1.29 is 18.0 Å². The molecule has 1 fully saturated rings. The van der Waals surface area contributed by atoms with Crippen LogP contribution in [0.4, 0.5) is 18.0 Å². The lowest BCUT2D eigenvalue weighted by Gasteiger charge is -2.31. The van der Waals surface area contributed by atoms with E-state index in [4.69, 9.17) is 5.73 Å². The van der Waals surface area contributed by atoms with Crippen LogP contribution >= 0.6 is 0 Å². The number of nitrogens with two attached hydrogens (primary N) is 1. The first-order chi connectivity index (χ1) is 7.42. The molecule has 0 radical (unpaired) electrons. The molecular weight excluding hydrogens is 223 g/mol. The van der Waals surface area contributed by atoms with Crippen LogP contribution in [0.3, 0.4) is 0 Å². The SMILES string of the molecule is NCC1CCN(C(=O)NCC(F)(F)F)CC1. The summed E-state index contributed by atoms with van der Waals surface area (Å²) in [6, 6.07) is -0.646. The summed E-state index contributed by atoms with van der Waals surface area (Å²) >= 11 is 0. The predicted molar refractivity (Wildman–Crippen MR) is 52.8 cm³/mol. The molecule has 0 atom stereocenters. The molecule has 0 aromatic rings. The van der Waals surface area contributed by atoms with E-state index in [9.17, 15) is 18.0 Å². The minimum absolute atomic E-state index is 0.381. The van der Waals surface area contributed by atoms with Crippen molar-refractivity contribution in [3.05, 3.63) is 0 Å². The molecule has 3 N–H and O–H groups in total. The highest BCUT2D eigenvalue weighted by atomic mass is 19.4. The number of hydrogen-bond donors (Lipinski definition) is 2. The Morgan fingerprint density at radius 2 is 1.94 bits per heavy atom. The van der Waals surface area contributed by atoms with Crippen LogP contribution in [0.5, 0.6) is 0 Å². The first-order valence-corrected chi connectivity index (χ1v) is 5.22. The van der Waals surface area contributed by atoms with Gasteiger partial charge in [-0.05, 0) is 25.3 Å². The Balaban J connectivity index is 2.28. The predicted octanol–water partition coefficient (Wildman–Crippen LogP) is 0.929. The second-order valence-corrected chi connectivity index (χ2v) is 3.94. The number of carbonyl (C=O) groups excluding carboxylic acids is 1.